The minimum Gasteiger partial charge on any atom is -0.303 e. The van der Waals surface area contributed by atoms with Gasteiger partial charge in [-0.25, -0.2) is 9.18 Å². The molecule has 1 aliphatic heterocycles. The first kappa shape index (κ1) is 15.9. The van der Waals surface area contributed by atoms with Crippen molar-refractivity contribution < 1.29 is 4.39 Å². The number of halogens is 1. The molecule has 1 aromatic heterocycles. The first-order valence-electron chi connectivity index (χ1n) is 9.26. The number of aromatic amines is 1. The van der Waals surface area contributed by atoms with Gasteiger partial charge in [0.2, 0.25) is 0 Å². The summed E-state index contributed by atoms with van der Waals surface area (Å²) < 4.78 is 15.7. The maximum atomic E-state index is 13.9. The van der Waals surface area contributed by atoms with Gasteiger partial charge < -0.3 is 9.88 Å². The maximum Gasteiger partial charge on any atom is 0.326 e. The lowest BCUT2D eigenvalue weighted by molar-refractivity contribution is 0.0989. The normalized spacial score (nSPS) is 26.9. The van der Waals surface area contributed by atoms with Crippen molar-refractivity contribution in [2.45, 2.75) is 57.5 Å². The molecule has 2 aromatic rings. The lowest BCUT2D eigenvalue weighted by Crippen LogP contribution is -2.44. The first-order valence-corrected chi connectivity index (χ1v) is 9.26. The van der Waals surface area contributed by atoms with E-state index in [1.165, 1.54) is 31.7 Å². The molecular weight excluding hydrogens is 305 g/mol. The highest BCUT2D eigenvalue weighted by molar-refractivity contribution is 5.75. The maximum absolute atomic E-state index is 13.9. The molecule has 4 rings (SSSR count). The van der Waals surface area contributed by atoms with Crippen LogP contribution in [0.25, 0.3) is 11.0 Å². The molecule has 1 N–H and O–H groups in total. The van der Waals surface area contributed by atoms with Gasteiger partial charge in [0.25, 0.3) is 0 Å². The van der Waals surface area contributed by atoms with E-state index in [0.717, 1.165) is 37.9 Å². The van der Waals surface area contributed by atoms with Crippen LogP contribution >= 0.6 is 0 Å². The number of hydrogen-bond acceptors (Lipinski definition) is 2. The van der Waals surface area contributed by atoms with Gasteiger partial charge in [-0.3, -0.25) is 4.57 Å². The number of hydrogen-bond donors (Lipinski definition) is 1. The number of imidazole rings is 1. The zero-order chi connectivity index (χ0) is 16.7. The summed E-state index contributed by atoms with van der Waals surface area (Å²) in [6, 6.07) is 5.81. The average Bonchev–Trinajstić information content (AvgIpc) is 2.93. The zero-order valence-corrected chi connectivity index (χ0v) is 14.3. The fourth-order valence-corrected chi connectivity index (χ4v) is 4.59. The summed E-state index contributed by atoms with van der Waals surface area (Å²) in [7, 11) is 0. The Morgan fingerprint density at radius 3 is 2.46 bits per heavy atom. The van der Waals surface area contributed by atoms with Crippen LogP contribution in [0.1, 0.15) is 51.5 Å². The molecule has 1 saturated carbocycles. The number of likely N-dealkylation sites (tertiary alicyclic amines) is 1. The van der Waals surface area contributed by atoms with E-state index in [-0.39, 0.29) is 17.5 Å². The van der Waals surface area contributed by atoms with Crippen molar-refractivity contribution in [2.24, 2.45) is 5.92 Å². The average molecular weight is 331 g/mol. The Labute approximate surface area is 141 Å². The molecule has 0 unspecified atom stereocenters. The van der Waals surface area contributed by atoms with E-state index in [9.17, 15) is 9.18 Å². The Balaban J connectivity index is 1.49. The summed E-state index contributed by atoms with van der Waals surface area (Å²) >= 11 is 0. The number of benzene rings is 1. The van der Waals surface area contributed by atoms with Crippen molar-refractivity contribution in [1.82, 2.24) is 14.5 Å². The van der Waals surface area contributed by atoms with E-state index < -0.39 is 0 Å². The van der Waals surface area contributed by atoms with Gasteiger partial charge in [-0.15, -0.1) is 0 Å². The van der Waals surface area contributed by atoms with Crippen LogP contribution in [-0.4, -0.2) is 33.6 Å². The van der Waals surface area contributed by atoms with Crippen LogP contribution in [0.15, 0.2) is 23.0 Å². The highest BCUT2D eigenvalue weighted by atomic mass is 19.1. The SMILES string of the molecule is CC1CCC(N2CCC(n3c(=O)[nH]c4c(F)cccc43)CC2)CC1. The summed E-state index contributed by atoms with van der Waals surface area (Å²) in [4.78, 5) is 17.6. The molecular formula is C19H26FN3O. The molecule has 1 aliphatic carbocycles. The molecule has 4 nitrogen and oxygen atoms in total. The minimum atomic E-state index is -0.350. The number of nitrogens with one attached hydrogen (secondary N) is 1. The fraction of sp³-hybridized carbons (Fsp3) is 0.632. The molecule has 2 aliphatic rings. The second kappa shape index (κ2) is 6.36. The lowest BCUT2D eigenvalue weighted by Gasteiger charge is -2.40. The van der Waals surface area contributed by atoms with Crippen LogP contribution in [0.2, 0.25) is 0 Å². The zero-order valence-electron chi connectivity index (χ0n) is 14.3. The molecule has 0 atom stereocenters. The Morgan fingerprint density at radius 2 is 1.75 bits per heavy atom. The van der Waals surface area contributed by atoms with Crippen molar-refractivity contribution in [3.8, 4) is 0 Å². The molecule has 1 aromatic carbocycles. The quantitative estimate of drug-likeness (QED) is 0.912. The van der Waals surface area contributed by atoms with Gasteiger partial charge in [0.15, 0.2) is 0 Å². The standard InChI is InChI=1S/C19H26FN3O/c1-13-5-7-14(8-6-13)22-11-9-15(10-12-22)23-17-4-2-3-16(20)18(17)21-19(23)24/h2-4,13-15H,5-12H2,1H3,(H,21,24). The van der Waals surface area contributed by atoms with Crippen LogP contribution in [0.4, 0.5) is 4.39 Å². The topological polar surface area (TPSA) is 41.0 Å². The second-order valence-electron chi connectivity index (χ2n) is 7.61. The van der Waals surface area contributed by atoms with E-state index in [1.54, 1.807) is 10.6 Å². The van der Waals surface area contributed by atoms with Gasteiger partial charge in [0.1, 0.15) is 11.3 Å². The van der Waals surface area contributed by atoms with E-state index in [4.69, 9.17) is 0 Å². The van der Waals surface area contributed by atoms with Crippen molar-refractivity contribution in [2.75, 3.05) is 13.1 Å². The van der Waals surface area contributed by atoms with E-state index in [1.807, 2.05) is 6.07 Å². The number of nitrogens with zero attached hydrogens (tertiary/aromatic N) is 2. The van der Waals surface area contributed by atoms with E-state index >= 15 is 0 Å². The predicted molar refractivity (Wildman–Crippen MR) is 93.8 cm³/mol. The number of fused-ring (bicyclic) bond motifs is 1. The molecule has 0 bridgehead atoms. The van der Waals surface area contributed by atoms with Gasteiger partial charge >= 0.3 is 5.69 Å². The number of H-pyrrole nitrogens is 1. The molecule has 24 heavy (non-hydrogen) atoms. The van der Waals surface area contributed by atoms with Gasteiger partial charge in [0, 0.05) is 25.2 Å². The van der Waals surface area contributed by atoms with Gasteiger partial charge in [-0.1, -0.05) is 13.0 Å². The largest absolute Gasteiger partial charge is 0.326 e. The lowest BCUT2D eigenvalue weighted by atomic mass is 9.85. The smallest absolute Gasteiger partial charge is 0.303 e. The Hall–Kier alpha value is -1.62. The first-order chi connectivity index (χ1) is 11.6. The van der Waals surface area contributed by atoms with Gasteiger partial charge in [-0.05, 0) is 56.6 Å². The minimum absolute atomic E-state index is 0.173. The molecule has 0 amide bonds. The van der Waals surface area contributed by atoms with Crippen LogP contribution in [0, 0.1) is 11.7 Å². The number of aromatic nitrogens is 2. The number of piperidine rings is 1. The summed E-state index contributed by atoms with van der Waals surface area (Å²) in [5, 5.41) is 0. The molecule has 0 spiro atoms. The van der Waals surface area contributed by atoms with E-state index in [2.05, 4.69) is 16.8 Å². The van der Waals surface area contributed by atoms with Crippen LogP contribution in [-0.2, 0) is 0 Å². The molecule has 130 valence electrons. The van der Waals surface area contributed by atoms with Crippen LogP contribution < -0.4 is 5.69 Å². The Morgan fingerprint density at radius 1 is 1.04 bits per heavy atom. The third kappa shape index (κ3) is 2.79. The van der Waals surface area contributed by atoms with Gasteiger partial charge in [0.05, 0.1) is 5.52 Å². The molecule has 2 fully saturated rings. The third-order valence-electron chi connectivity index (χ3n) is 6.07. The summed E-state index contributed by atoms with van der Waals surface area (Å²) in [5.41, 5.74) is 0.858. The highest BCUT2D eigenvalue weighted by Gasteiger charge is 2.29. The third-order valence-corrected chi connectivity index (χ3v) is 6.07. The fourth-order valence-electron chi connectivity index (χ4n) is 4.59. The molecule has 0 radical (unpaired) electrons. The monoisotopic (exact) mass is 331 g/mol. The number of para-hydroxylation sites is 1. The van der Waals surface area contributed by atoms with Crippen LogP contribution in [0.3, 0.4) is 0 Å². The van der Waals surface area contributed by atoms with Crippen molar-refractivity contribution in [3.05, 3.63) is 34.5 Å². The Bertz CT molecular complexity index is 765. The van der Waals surface area contributed by atoms with Crippen LogP contribution in [0.5, 0.6) is 0 Å². The number of rotatable bonds is 2. The summed E-state index contributed by atoms with van der Waals surface area (Å²) in [6.45, 7) is 4.43. The van der Waals surface area contributed by atoms with Gasteiger partial charge in [-0.2, -0.15) is 0 Å². The van der Waals surface area contributed by atoms with E-state index in [0.29, 0.717) is 11.0 Å². The second-order valence-corrected chi connectivity index (χ2v) is 7.61. The molecule has 1 saturated heterocycles. The van der Waals surface area contributed by atoms with Crippen molar-refractivity contribution >= 4 is 11.0 Å². The highest BCUT2D eigenvalue weighted by Crippen LogP contribution is 2.32. The molecule has 2 heterocycles. The van der Waals surface area contributed by atoms with Crippen molar-refractivity contribution in [3.63, 3.8) is 0 Å². The summed E-state index contributed by atoms with van der Waals surface area (Å²) in [6.07, 6.45) is 7.23. The van der Waals surface area contributed by atoms with Crippen molar-refractivity contribution in [1.29, 1.82) is 0 Å². The molecule has 5 heteroatoms. The Kier molecular flexibility index (Phi) is 4.21. The predicted octanol–water partition coefficient (Wildman–Crippen LogP) is 3.68. The summed E-state index contributed by atoms with van der Waals surface area (Å²) in [5.74, 6) is 0.524.